The van der Waals surface area contributed by atoms with E-state index >= 15 is 0 Å². The molecule has 1 saturated heterocycles. The van der Waals surface area contributed by atoms with E-state index in [4.69, 9.17) is 11.6 Å². The van der Waals surface area contributed by atoms with Gasteiger partial charge < -0.3 is 20.4 Å². The second-order valence-corrected chi connectivity index (χ2v) is 7.90. The van der Waals surface area contributed by atoms with Crippen LogP contribution >= 0.6 is 11.6 Å². The number of hydrogen-bond donors (Lipinski definition) is 4. The summed E-state index contributed by atoms with van der Waals surface area (Å²) >= 11 is 5.98. The molecule has 0 atom stereocenters. The summed E-state index contributed by atoms with van der Waals surface area (Å²) in [5.41, 5.74) is 3.68. The average molecular weight is 418 g/mol. The standard InChI is InChI=1S/C21H26ClN5O2/c1-15-5-3-6-17(16(15)2)24-19(28)13-26-9-11-27(12-10-26)14-20(29)25-18-7-4-8-23-21(18)22/h3-8H,9-14H2,1-2H3,(H,24,28)(H,25,29)/p+2. The fourth-order valence-electron chi connectivity index (χ4n) is 3.52. The van der Waals surface area contributed by atoms with Gasteiger partial charge in [-0.25, -0.2) is 4.98 Å². The molecular formula is C21H28ClN5O2+2. The van der Waals surface area contributed by atoms with Crippen LogP contribution in [0.1, 0.15) is 11.1 Å². The Balaban J connectivity index is 1.42. The predicted octanol–water partition coefficient (Wildman–Crippen LogP) is -0.288. The second kappa shape index (κ2) is 9.82. The largest absolute Gasteiger partial charge is 0.321 e. The molecule has 3 rings (SSSR count). The molecule has 7 nitrogen and oxygen atoms in total. The van der Waals surface area contributed by atoms with Gasteiger partial charge in [0.1, 0.15) is 26.2 Å². The van der Waals surface area contributed by atoms with E-state index in [1.165, 1.54) is 15.4 Å². The fraction of sp³-hybridized carbons (Fsp3) is 0.381. The number of rotatable bonds is 6. The number of aryl methyl sites for hydroxylation is 1. The molecule has 4 N–H and O–H groups in total. The molecule has 8 heteroatoms. The highest BCUT2D eigenvalue weighted by Crippen LogP contribution is 2.18. The Morgan fingerprint density at radius 1 is 0.931 bits per heavy atom. The van der Waals surface area contributed by atoms with Gasteiger partial charge in [-0.15, -0.1) is 0 Å². The van der Waals surface area contributed by atoms with E-state index in [0.717, 1.165) is 37.4 Å². The maximum absolute atomic E-state index is 12.4. The van der Waals surface area contributed by atoms with Gasteiger partial charge in [-0.05, 0) is 43.2 Å². The first-order valence-electron chi connectivity index (χ1n) is 9.86. The van der Waals surface area contributed by atoms with Gasteiger partial charge in [-0.1, -0.05) is 23.7 Å². The number of piperazine rings is 1. The molecule has 0 bridgehead atoms. The quantitative estimate of drug-likeness (QED) is 0.488. The molecule has 1 aromatic carbocycles. The van der Waals surface area contributed by atoms with Crippen molar-refractivity contribution in [3.05, 3.63) is 52.8 Å². The summed E-state index contributed by atoms with van der Waals surface area (Å²) in [6.07, 6.45) is 1.58. The van der Waals surface area contributed by atoms with Crippen LogP contribution in [0, 0.1) is 13.8 Å². The molecule has 29 heavy (non-hydrogen) atoms. The predicted molar refractivity (Wildman–Crippen MR) is 114 cm³/mol. The molecule has 1 aliphatic heterocycles. The molecule has 0 unspecified atom stereocenters. The van der Waals surface area contributed by atoms with Gasteiger partial charge in [-0.2, -0.15) is 0 Å². The van der Waals surface area contributed by atoms with Gasteiger partial charge in [0.25, 0.3) is 11.8 Å². The van der Waals surface area contributed by atoms with Crippen LogP contribution in [0.3, 0.4) is 0 Å². The summed E-state index contributed by atoms with van der Waals surface area (Å²) in [5, 5.41) is 6.13. The number of halogens is 1. The van der Waals surface area contributed by atoms with Gasteiger partial charge >= 0.3 is 0 Å². The van der Waals surface area contributed by atoms with Gasteiger partial charge in [0.15, 0.2) is 18.2 Å². The third-order valence-electron chi connectivity index (χ3n) is 5.40. The lowest BCUT2D eigenvalue weighted by Crippen LogP contribution is -3.28. The van der Waals surface area contributed by atoms with Crippen LogP contribution in [-0.4, -0.2) is 56.1 Å². The molecule has 1 aromatic heterocycles. The summed E-state index contributed by atoms with van der Waals surface area (Å²) < 4.78 is 0. The number of nitrogens with zero attached hydrogens (tertiary/aromatic N) is 1. The van der Waals surface area contributed by atoms with Crippen LogP contribution in [0.2, 0.25) is 5.15 Å². The van der Waals surface area contributed by atoms with Crippen molar-refractivity contribution in [3.8, 4) is 0 Å². The van der Waals surface area contributed by atoms with Crippen molar-refractivity contribution in [1.29, 1.82) is 0 Å². The van der Waals surface area contributed by atoms with Crippen molar-refractivity contribution in [2.24, 2.45) is 0 Å². The zero-order valence-electron chi connectivity index (χ0n) is 16.8. The Morgan fingerprint density at radius 3 is 2.07 bits per heavy atom. The van der Waals surface area contributed by atoms with Crippen LogP contribution < -0.4 is 20.4 Å². The third kappa shape index (κ3) is 6.00. The fourth-order valence-corrected chi connectivity index (χ4v) is 3.69. The molecule has 2 aromatic rings. The Labute approximate surface area is 176 Å². The number of anilines is 2. The highest BCUT2D eigenvalue weighted by molar-refractivity contribution is 6.32. The second-order valence-electron chi connectivity index (χ2n) is 7.54. The van der Waals surface area contributed by atoms with E-state index in [1.807, 2.05) is 32.0 Å². The minimum absolute atomic E-state index is 0.0288. The maximum atomic E-state index is 12.4. The molecule has 0 radical (unpaired) electrons. The summed E-state index contributed by atoms with van der Waals surface area (Å²) in [6, 6.07) is 9.40. The van der Waals surface area contributed by atoms with Gasteiger partial charge in [0.05, 0.1) is 5.69 Å². The van der Waals surface area contributed by atoms with E-state index in [9.17, 15) is 9.59 Å². The Kier molecular flexibility index (Phi) is 7.19. The molecule has 2 heterocycles. The number of carbonyl (C=O) groups excluding carboxylic acids is 2. The molecular weight excluding hydrogens is 390 g/mol. The Morgan fingerprint density at radius 2 is 1.48 bits per heavy atom. The summed E-state index contributed by atoms with van der Waals surface area (Å²) in [7, 11) is 0. The first-order chi connectivity index (χ1) is 13.9. The van der Waals surface area contributed by atoms with E-state index in [-0.39, 0.29) is 11.8 Å². The number of benzene rings is 1. The minimum Gasteiger partial charge on any atom is -0.321 e. The molecule has 1 aliphatic rings. The number of quaternary nitrogens is 2. The van der Waals surface area contributed by atoms with Crippen LogP contribution in [0.4, 0.5) is 11.4 Å². The summed E-state index contributed by atoms with van der Waals surface area (Å²) in [4.78, 5) is 31.1. The normalized spacial score (nSPS) is 18.9. The number of hydrogen-bond acceptors (Lipinski definition) is 3. The smallest absolute Gasteiger partial charge is 0.279 e. The molecule has 1 fully saturated rings. The maximum Gasteiger partial charge on any atom is 0.279 e. The molecule has 154 valence electrons. The number of amides is 2. The van der Waals surface area contributed by atoms with Gasteiger partial charge in [-0.3, -0.25) is 9.59 Å². The monoisotopic (exact) mass is 417 g/mol. The van der Waals surface area contributed by atoms with E-state index in [1.54, 1.807) is 18.3 Å². The van der Waals surface area contributed by atoms with Crippen molar-refractivity contribution >= 4 is 34.8 Å². The van der Waals surface area contributed by atoms with Crippen molar-refractivity contribution in [1.82, 2.24) is 4.98 Å². The first-order valence-corrected chi connectivity index (χ1v) is 10.2. The van der Waals surface area contributed by atoms with Crippen molar-refractivity contribution in [2.75, 3.05) is 49.9 Å². The van der Waals surface area contributed by atoms with Crippen LogP contribution in [0.15, 0.2) is 36.5 Å². The molecule has 0 saturated carbocycles. The zero-order chi connectivity index (χ0) is 20.8. The molecule has 0 spiro atoms. The Bertz CT molecular complexity index is 881. The number of carbonyl (C=O) groups is 2. The van der Waals surface area contributed by atoms with Crippen LogP contribution in [0.5, 0.6) is 0 Å². The lowest BCUT2D eigenvalue weighted by atomic mass is 10.1. The van der Waals surface area contributed by atoms with Crippen molar-refractivity contribution in [2.45, 2.75) is 13.8 Å². The number of aromatic nitrogens is 1. The van der Waals surface area contributed by atoms with Crippen LogP contribution in [0.25, 0.3) is 0 Å². The molecule has 2 amide bonds. The van der Waals surface area contributed by atoms with Gasteiger partial charge in [0.2, 0.25) is 0 Å². The van der Waals surface area contributed by atoms with E-state index in [0.29, 0.717) is 23.9 Å². The lowest BCUT2D eigenvalue weighted by molar-refractivity contribution is -1.00. The lowest BCUT2D eigenvalue weighted by Gasteiger charge is -2.29. The van der Waals surface area contributed by atoms with Crippen molar-refractivity contribution in [3.63, 3.8) is 0 Å². The van der Waals surface area contributed by atoms with Crippen LogP contribution in [-0.2, 0) is 9.59 Å². The summed E-state index contributed by atoms with van der Waals surface area (Å²) in [6.45, 7) is 8.29. The highest BCUT2D eigenvalue weighted by atomic mass is 35.5. The highest BCUT2D eigenvalue weighted by Gasteiger charge is 2.26. The van der Waals surface area contributed by atoms with E-state index < -0.39 is 0 Å². The minimum atomic E-state index is -0.0778. The van der Waals surface area contributed by atoms with Gasteiger partial charge in [0, 0.05) is 11.9 Å². The topological polar surface area (TPSA) is 80.0 Å². The zero-order valence-corrected chi connectivity index (χ0v) is 17.6. The Hall–Kier alpha value is -2.48. The SMILES string of the molecule is Cc1cccc(NC(=O)C[NH+]2CC[NH+](CC(=O)Nc3cccnc3Cl)CC2)c1C. The first kappa shape index (κ1) is 21.2. The number of pyridine rings is 1. The van der Waals surface area contributed by atoms with E-state index in [2.05, 4.69) is 15.6 Å². The van der Waals surface area contributed by atoms with Crippen molar-refractivity contribution < 1.29 is 19.4 Å². The summed E-state index contributed by atoms with van der Waals surface area (Å²) in [5.74, 6) is -0.0490. The third-order valence-corrected chi connectivity index (χ3v) is 5.70. The average Bonchev–Trinajstić information content (AvgIpc) is 2.69. The number of nitrogens with one attached hydrogen (secondary N) is 4. The molecule has 0 aliphatic carbocycles.